The number of ether oxygens (including phenoxy) is 1. The number of aromatic amines is 1. The van der Waals surface area contributed by atoms with Crippen molar-refractivity contribution in [2.45, 2.75) is 198 Å². The summed E-state index contributed by atoms with van der Waals surface area (Å²) in [6.07, 6.45) is 21.7. The zero-order chi connectivity index (χ0) is 69.6. The van der Waals surface area contributed by atoms with E-state index in [0.717, 1.165) is 118 Å². The smallest absolute Gasteiger partial charge is 0.283 e. The molecule has 520 valence electrons. The lowest BCUT2D eigenvalue weighted by Gasteiger charge is -2.32. The van der Waals surface area contributed by atoms with Crippen LogP contribution in [0.4, 0.5) is 5.69 Å². The zero-order valence-corrected chi connectivity index (χ0v) is 60.3. The van der Waals surface area contributed by atoms with Crippen LogP contribution in [0.25, 0.3) is 0 Å². The number of aromatic nitrogens is 3. The Morgan fingerprint density at radius 1 is 0.635 bits per heavy atom. The van der Waals surface area contributed by atoms with Gasteiger partial charge in [0, 0.05) is 80.2 Å². The second-order valence-electron chi connectivity index (χ2n) is 24.9. The van der Waals surface area contributed by atoms with Crippen molar-refractivity contribution in [3.63, 3.8) is 0 Å². The summed E-state index contributed by atoms with van der Waals surface area (Å²) in [5, 5.41) is 6.94. The van der Waals surface area contributed by atoms with E-state index in [-0.39, 0.29) is 22.5 Å². The maximum atomic E-state index is 12.9. The standard InChI is InChI=1S/C33H44N4O.C24H36N2O2.C11H18O.C8H10O.C7H9NO/c1-4-22-36(25-31-12-9-13-33(38)37(31)24-27-10-7-6-8-11-27)30(5-2)23-26-14-18-29(19-15-26)35-32(20-21-34-3)28-16-17-28;1-4-6-10-17-25(18-16-21(3)5-2)19-23-14-11-15-24(27)26(23)28-20-22-12-8-7-9-13-22;1-4-7-11(12)9-6-8-10(3)5-2;1-9-7-8-5-3-2-4-6-8;1-2-6-4-3-5-7(9)8-6/h6-15,18-19,30,34-35H,4-5,16-17,20-25H2,1-3H3;7-9,11-15,21H,4-6,10,16-20H2,1-3H3;6,8-9H,4-5,7H2,1-3H3;2-6H,7H2,1H3;3-5H,2H2,1H3,(H,8,9)/b;;9-6-,10-8+;;. The van der Waals surface area contributed by atoms with E-state index in [9.17, 15) is 19.2 Å². The van der Waals surface area contributed by atoms with E-state index in [1.54, 1.807) is 37.0 Å². The zero-order valence-electron chi connectivity index (χ0n) is 60.3. The van der Waals surface area contributed by atoms with Gasteiger partial charge in [-0.25, -0.2) is 0 Å². The predicted octanol–water partition coefficient (Wildman–Crippen LogP) is 17.1. The molecular weight excluding hydrogens is 1190 g/mol. The number of anilines is 1. The largest absolute Gasteiger partial charge is 0.406 e. The third-order valence-corrected chi connectivity index (χ3v) is 16.8. The first-order valence-corrected chi connectivity index (χ1v) is 35.6. The highest BCUT2D eigenvalue weighted by Crippen LogP contribution is 2.33. The van der Waals surface area contributed by atoms with Gasteiger partial charge in [-0.3, -0.25) is 29.0 Å². The van der Waals surface area contributed by atoms with Crippen molar-refractivity contribution in [2.75, 3.05) is 45.7 Å². The SMILES string of the molecule is CCCC(=O)/C=C\C=C(/C)CC.CCCCCN(CCC(C)CC)Cc1cccc(=O)n1OCc1ccccc1.CCCN(Cc1cccc(=O)n1Cc1ccccc1)C(CC)Cc1ccc(NC(CCNC)=C2CC2)cc1.CCc1cccc(=O)[nH]1.COCc1ccccc1. The van der Waals surface area contributed by atoms with Crippen LogP contribution in [0.2, 0.25) is 0 Å². The molecule has 2 unspecified atom stereocenters. The van der Waals surface area contributed by atoms with Crippen molar-refractivity contribution in [3.8, 4) is 0 Å². The molecule has 3 N–H and O–H groups in total. The van der Waals surface area contributed by atoms with E-state index in [4.69, 9.17) is 9.57 Å². The van der Waals surface area contributed by atoms with Crippen molar-refractivity contribution in [1.29, 1.82) is 0 Å². The van der Waals surface area contributed by atoms with Gasteiger partial charge in [0.15, 0.2) is 5.78 Å². The Labute approximate surface area is 576 Å². The molecule has 0 amide bonds. The summed E-state index contributed by atoms with van der Waals surface area (Å²) in [5.41, 5.74) is 13.1. The van der Waals surface area contributed by atoms with Gasteiger partial charge in [-0.15, -0.1) is 4.73 Å². The first-order chi connectivity index (χ1) is 46.7. The number of hydrogen-bond acceptors (Lipinski definition) is 10. The third-order valence-electron chi connectivity index (χ3n) is 16.8. The fourth-order valence-corrected chi connectivity index (χ4v) is 10.6. The average Bonchev–Trinajstić information content (AvgIpc) is 1.46. The van der Waals surface area contributed by atoms with Gasteiger partial charge in [-0.1, -0.05) is 219 Å². The summed E-state index contributed by atoms with van der Waals surface area (Å²) in [5.74, 6) is 0.943. The van der Waals surface area contributed by atoms with Crippen LogP contribution in [0.15, 0.2) is 219 Å². The molecule has 0 radical (unpaired) electrons. The Kier molecular flexibility index (Phi) is 40.8. The highest BCUT2D eigenvalue weighted by atomic mass is 16.7. The number of nitrogens with one attached hydrogen (secondary N) is 3. The normalized spacial score (nSPS) is 12.3. The topological polar surface area (TPSA) is 143 Å². The Balaban J connectivity index is 0.000000291. The molecule has 0 bridgehead atoms. The second-order valence-corrected chi connectivity index (χ2v) is 24.9. The van der Waals surface area contributed by atoms with Gasteiger partial charge in [0.1, 0.15) is 6.61 Å². The molecule has 0 aliphatic heterocycles. The number of carbonyl (C=O) groups excluding carboxylic acids is 1. The maximum Gasteiger partial charge on any atom is 0.283 e. The molecule has 1 aliphatic carbocycles. The van der Waals surface area contributed by atoms with Crippen molar-refractivity contribution >= 4 is 11.5 Å². The number of allylic oxidation sites excluding steroid dienone is 5. The van der Waals surface area contributed by atoms with Crippen LogP contribution in [-0.4, -0.2) is 76.2 Å². The van der Waals surface area contributed by atoms with Gasteiger partial charge >= 0.3 is 0 Å². The molecule has 8 rings (SSSR count). The van der Waals surface area contributed by atoms with E-state index in [0.29, 0.717) is 32.2 Å². The number of ketones is 1. The summed E-state index contributed by atoms with van der Waals surface area (Å²) < 4.78 is 8.34. The number of unbranched alkanes of at least 4 members (excludes halogenated alkanes) is 2. The van der Waals surface area contributed by atoms with Crippen molar-refractivity contribution in [3.05, 3.63) is 275 Å². The lowest BCUT2D eigenvalue weighted by atomic mass is 10.0. The number of carbonyl (C=O) groups is 1. The Morgan fingerprint density at radius 3 is 1.83 bits per heavy atom. The first kappa shape index (κ1) is 80.5. The number of aryl methyl sites for hydroxylation is 1. The molecule has 0 spiro atoms. The molecule has 1 fully saturated rings. The molecule has 4 aromatic carbocycles. The predicted molar refractivity (Wildman–Crippen MR) is 403 cm³/mol. The molecule has 1 aliphatic rings. The summed E-state index contributed by atoms with van der Waals surface area (Å²) in [6, 6.07) is 56.0. The molecule has 3 aromatic heterocycles. The summed E-state index contributed by atoms with van der Waals surface area (Å²) in [7, 11) is 3.71. The van der Waals surface area contributed by atoms with Crippen LogP contribution in [-0.2, 0) is 55.2 Å². The number of pyridine rings is 3. The monoisotopic (exact) mass is 1310 g/mol. The van der Waals surface area contributed by atoms with E-state index in [1.807, 2.05) is 141 Å². The Bertz CT molecular complexity index is 3480. The molecule has 13 nitrogen and oxygen atoms in total. The fraction of sp³-hybridized carbons (Fsp3) is 0.446. The molecule has 0 saturated heterocycles. The van der Waals surface area contributed by atoms with Crippen LogP contribution in [0.1, 0.15) is 185 Å². The van der Waals surface area contributed by atoms with Crippen molar-refractivity contribution < 1.29 is 14.4 Å². The number of hydrogen-bond donors (Lipinski definition) is 3. The van der Waals surface area contributed by atoms with Crippen molar-refractivity contribution in [2.24, 2.45) is 5.92 Å². The summed E-state index contributed by atoms with van der Waals surface area (Å²) >= 11 is 0. The van der Waals surface area contributed by atoms with Crippen LogP contribution in [0, 0.1) is 5.92 Å². The van der Waals surface area contributed by atoms with Crippen LogP contribution < -0.4 is 32.1 Å². The van der Waals surface area contributed by atoms with Crippen LogP contribution >= 0.6 is 0 Å². The minimum absolute atomic E-state index is 0.0191. The quantitative estimate of drug-likeness (QED) is 0.0197. The van der Waals surface area contributed by atoms with Crippen LogP contribution in [0.3, 0.4) is 0 Å². The first-order valence-electron chi connectivity index (χ1n) is 35.6. The molecule has 13 heteroatoms. The minimum atomic E-state index is -0.108. The number of methoxy groups -OCH3 is 1. The average molecular weight is 1310 g/mol. The summed E-state index contributed by atoms with van der Waals surface area (Å²) in [6.45, 7) is 26.8. The maximum absolute atomic E-state index is 12.9. The lowest BCUT2D eigenvalue weighted by molar-refractivity contribution is -0.114. The number of benzene rings is 4. The Hall–Kier alpha value is -7.94. The van der Waals surface area contributed by atoms with Gasteiger partial charge in [-0.05, 0) is 169 Å². The Morgan fingerprint density at radius 2 is 1.27 bits per heavy atom. The molecule has 7 aromatic rings. The van der Waals surface area contributed by atoms with E-state index < -0.39 is 0 Å². The van der Waals surface area contributed by atoms with Gasteiger partial charge in [0.2, 0.25) is 5.56 Å². The van der Waals surface area contributed by atoms with Gasteiger partial charge in [0.25, 0.3) is 11.1 Å². The molecule has 96 heavy (non-hydrogen) atoms. The minimum Gasteiger partial charge on any atom is -0.406 e. The molecule has 2 atom stereocenters. The van der Waals surface area contributed by atoms with Crippen molar-refractivity contribution in [1.82, 2.24) is 29.4 Å². The fourth-order valence-electron chi connectivity index (χ4n) is 10.6. The highest BCUT2D eigenvalue weighted by Gasteiger charge is 2.21. The van der Waals surface area contributed by atoms with Crippen LogP contribution in [0.5, 0.6) is 0 Å². The number of nitrogens with zero attached hydrogens (tertiary/aromatic N) is 4. The molecule has 1 saturated carbocycles. The molecule has 3 heterocycles. The highest BCUT2D eigenvalue weighted by molar-refractivity contribution is 5.89. The van der Waals surface area contributed by atoms with E-state index in [2.05, 4.69) is 116 Å². The molecular formula is C83H117N7O6. The third kappa shape index (κ3) is 33.1. The number of H-pyrrole nitrogens is 1. The van der Waals surface area contributed by atoms with E-state index in [1.165, 1.54) is 83.8 Å². The van der Waals surface area contributed by atoms with Gasteiger partial charge in [-0.2, -0.15) is 0 Å². The van der Waals surface area contributed by atoms with Gasteiger partial charge < -0.3 is 29.8 Å². The number of rotatable bonds is 36. The van der Waals surface area contributed by atoms with E-state index >= 15 is 0 Å². The lowest BCUT2D eigenvalue weighted by Crippen LogP contribution is -2.38. The second kappa shape index (κ2) is 48.7. The summed E-state index contributed by atoms with van der Waals surface area (Å²) in [4.78, 5) is 60.5. The van der Waals surface area contributed by atoms with Gasteiger partial charge in [0.05, 0.1) is 18.8 Å².